The summed E-state index contributed by atoms with van der Waals surface area (Å²) in [6.07, 6.45) is 29.2. The SMILES string of the molecule is COc1c(C)c(CC=C(C)SCC=C(C)CCC=C(C)CCC=C(C)CCC=C(C)CCC=C(C)CCC=C(C)C)c(OC)c2ccccc12. The molecular formula is C47H68O2S. The minimum absolute atomic E-state index is 0.822. The van der Waals surface area contributed by atoms with Gasteiger partial charge in [-0.25, -0.2) is 0 Å². The Hall–Kier alpha value is -3.17. The Morgan fingerprint density at radius 2 is 0.940 bits per heavy atom. The van der Waals surface area contributed by atoms with Gasteiger partial charge in [0.15, 0.2) is 0 Å². The van der Waals surface area contributed by atoms with Crippen molar-refractivity contribution in [1.29, 1.82) is 0 Å². The van der Waals surface area contributed by atoms with Gasteiger partial charge in [-0.05, 0) is 143 Å². The highest BCUT2D eigenvalue weighted by Crippen LogP contribution is 2.41. The maximum absolute atomic E-state index is 5.90. The second-order valence-corrected chi connectivity index (χ2v) is 15.5. The molecule has 3 heteroatoms. The molecule has 0 radical (unpaired) electrons. The van der Waals surface area contributed by atoms with Crippen LogP contribution in [0.25, 0.3) is 10.8 Å². The first kappa shape index (κ1) is 43.0. The van der Waals surface area contributed by atoms with E-state index in [1.165, 1.54) is 63.2 Å². The first-order valence-electron chi connectivity index (χ1n) is 18.8. The van der Waals surface area contributed by atoms with E-state index in [4.69, 9.17) is 9.47 Å². The fourth-order valence-corrected chi connectivity index (χ4v) is 7.03. The molecule has 0 heterocycles. The fraction of sp³-hybridized carbons (Fsp3) is 0.489. The Labute approximate surface area is 311 Å². The van der Waals surface area contributed by atoms with E-state index in [1.54, 1.807) is 14.2 Å². The van der Waals surface area contributed by atoms with Gasteiger partial charge in [0, 0.05) is 22.1 Å². The van der Waals surface area contributed by atoms with Crippen LogP contribution in [0.1, 0.15) is 131 Å². The lowest BCUT2D eigenvalue weighted by Crippen LogP contribution is -2.00. The van der Waals surface area contributed by atoms with Crippen LogP contribution in [-0.2, 0) is 6.42 Å². The third kappa shape index (κ3) is 16.2. The van der Waals surface area contributed by atoms with E-state index in [0.717, 1.165) is 85.0 Å². The van der Waals surface area contributed by atoms with Crippen LogP contribution in [-0.4, -0.2) is 20.0 Å². The average molecular weight is 697 g/mol. The summed E-state index contributed by atoms with van der Waals surface area (Å²) < 4.78 is 11.7. The molecule has 0 aliphatic carbocycles. The topological polar surface area (TPSA) is 18.5 Å². The van der Waals surface area contributed by atoms with E-state index in [0.29, 0.717) is 0 Å². The van der Waals surface area contributed by atoms with Gasteiger partial charge in [0.1, 0.15) is 11.5 Å². The predicted octanol–water partition coefficient (Wildman–Crippen LogP) is 14.9. The number of allylic oxidation sites excluding steroid dienone is 13. The number of hydrogen-bond acceptors (Lipinski definition) is 3. The molecule has 50 heavy (non-hydrogen) atoms. The highest BCUT2D eigenvalue weighted by Gasteiger charge is 2.17. The van der Waals surface area contributed by atoms with Gasteiger partial charge in [-0.15, -0.1) is 11.8 Å². The average Bonchev–Trinajstić information content (AvgIpc) is 3.07. The lowest BCUT2D eigenvalue weighted by molar-refractivity contribution is 0.404. The number of rotatable bonds is 22. The van der Waals surface area contributed by atoms with Gasteiger partial charge in [-0.1, -0.05) is 100 Å². The highest BCUT2D eigenvalue weighted by atomic mass is 32.2. The summed E-state index contributed by atoms with van der Waals surface area (Å²) in [7, 11) is 3.52. The largest absolute Gasteiger partial charge is 0.496 e. The molecule has 0 amide bonds. The molecule has 0 saturated heterocycles. The molecule has 2 rings (SSSR count). The van der Waals surface area contributed by atoms with E-state index in [9.17, 15) is 0 Å². The third-order valence-electron chi connectivity index (χ3n) is 9.45. The summed E-state index contributed by atoms with van der Waals surface area (Å²) in [4.78, 5) is 1.33. The maximum atomic E-state index is 5.90. The van der Waals surface area contributed by atoms with Crippen molar-refractivity contribution in [3.8, 4) is 11.5 Å². The molecular weight excluding hydrogens is 629 g/mol. The Kier molecular flexibility index (Phi) is 20.7. The molecule has 0 spiro atoms. The molecule has 0 N–H and O–H groups in total. The van der Waals surface area contributed by atoms with Crippen molar-refractivity contribution in [2.24, 2.45) is 0 Å². The molecule has 0 aromatic heterocycles. The van der Waals surface area contributed by atoms with Gasteiger partial charge in [0.05, 0.1) is 14.2 Å². The summed E-state index contributed by atoms with van der Waals surface area (Å²) in [5.74, 6) is 2.89. The smallest absolute Gasteiger partial charge is 0.130 e. The van der Waals surface area contributed by atoms with Gasteiger partial charge in [-0.2, -0.15) is 0 Å². The zero-order chi connectivity index (χ0) is 36.9. The Bertz CT molecular complexity index is 1570. The summed E-state index contributed by atoms with van der Waals surface area (Å²) in [5, 5.41) is 2.20. The highest BCUT2D eigenvalue weighted by molar-refractivity contribution is 8.03. The van der Waals surface area contributed by atoms with Gasteiger partial charge in [0.2, 0.25) is 0 Å². The molecule has 0 atom stereocenters. The number of thioether (sulfide) groups is 1. The zero-order valence-corrected chi connectivity index (χ0v) is 34.4. The lowest BCUT2D eigenvalue weighted by Gasteiger charge is -2.18. The summed E-state index contributed by atoms with van der Waals surface area (Å²) >= 11 is 1.91. The van der Waals surface area contributed by atoms with Crippen molar-refractivity contribution in [2.75, 3.05) is 20.0 Å². The molecule has 2 aromatic carbocycles. The van der Waals surface area contributed by atoms with Crippen LogP contribution < -0.4 is 9.47 Å². The first-order chi connectivity index (χ1) is 24.0. The van der Waals surface area contributed by atoms with Gasteiger partial charge >= 0.3 is 0 Å². The Balaban J connectivity index is 1.72. The van der Waals surface area contributed by atoms with Crippen molar-refractivity contribution in [3.63, 3.8) is 0 Å². The number of ether oxygens (including phenoxy) is 2. The lowest BCUT2D eigenvalue weighted by atomic mass is 9.96. The van der Waals surface area contributed by atoms with Crippen molar-refractivity contribution in [2.45, 2.75) is 133 Å². The van der Waals surface area contributed by atoms with E-state index in [-0.39, 0.29) is 0 Å². The number of methoxy groups -OCH3 is 2. The first-order valence-corrected chi connectivity index (χ1v) is 19.8. The molecule has 0 aliphatic heterocycles. The van der Waals surface area contributed by atoms with E-state index < -0.39 is 0 Å². The molecule has 0 bridgehead atoms. The molecule has 0 fully saturated rings. The van der Waals surface area contributed by atoms with Crippen LogP contribution in [0.4, 0.5) is 0 Å². The van der Waals surface area contributed by atoms with E-state index in [2.05, 4.69) is 129 Å². The van der Waals surface area contributed by atoms with Crippen molar-refractivity contribution >= 4 is 22.5 Å². The van der Waals surface area contributed by atoms with Crippen LogP contribution in [0.2, 0.25) is 0 Å². The van der Waals surface area contributed by atoms with E-state index in [1.807, 2.05) is 11.8 Å². The van der Waals surface area contributed by atoms with Gasteiger partial charge in [-0.3, -0.25) is 0 Å². The second kappa shape index (κ2) is 24.1. The summed E-state index contributed by atoms with van der Waals surface area (Å²) in [6, 6.07) is 8.33. The van der Waals surface area contributed by atoms with Crippen molar-refractivity contribution in [1.82, 2.24) is 0 Å². The normalized spacial score (nSPS) is 13.7. The van der Waals surface area contributed by atoms with Crippen LogP contribution in [0.3, 0.4) is 0 Å². The molecule has 2 aromatic rings. The van der Waals surface area contributed by atoms with Crippen molar-refractivity contribution in [3.05, 3.63) is 116 Å². The second-order valence-electron chi connectivity index (χ2n) is 14.3. The van der Waals surface area contributed by atoms with Crippen LogP contribution in [0.15, 0.2) is 105 Å². The molecule has 0 saturated carbocycles. The van der Waals surface area contributed by atoms with Crippen LogP contribution >= 0.6 is 11.8 Å². The maximum Gasteiger partial charge on any atom is 0.130 e. The summed E-state index contributed by atoms with van der Waals surface area (Å²) in [6.45, 7) is 20.1. The Morgan fingerprint density at radius 3 is 1.36 bits per heavy atom. The molecule has 274 valence electrons. The minimum Gasteiger partial charge on any atom is -0.496 e. The van der Waals surface area contributed by atoms with Gasteiger partial charge < -0.3 is 9.47 Å². The Morgan fingerprint density at radius 1 is 0.540 bits per heavy atom. The summed E-state index contributed by atoms with van der Waals surface area (Å²) in [5.41, 5.74) is 11.3. The number of fused-ring (bicyclic) bond motifs is 1. The monoisotopic (exact) mass is 696 g/mol. The number of hydrogen-bond donors (Lipinski definition) is 0. The molecule has 0 unspecified atom stereocenters. The van der Waals surface area contributed by atoms with Crippen LogP contribution in [0, 0.1) is 6.92 Å². The van der Waals surface area contributed by atoms with Crippen molar-refractivity contribution < 1.29 is 9.47 Å². The minimum atomic E-state index is 0.822. The molecule has 0 aliphatic rings. The third-order valence-corrected chi connectivity index (χ3v) is 10.4. The van der Waals surface area contributed by atoms with Crippen LogP contribution in [0.5, 0.6) is 11.5 Å². The quantitative estimate of drug-likeness (QED) is 0.114. The van der Waals surface area contributed by atoms with Gasteiger partial charge in [0.25, 0.3) is 0 Å². The zero-order valence-electron chi connectivity index (χ0n) is 33.6. The fourth-order valence-electron chi connectivity index (χ4n) is 6.20. The standard InChI is InChI=1S/C47H68O2S/c1-35(2)19-14-20-36(3)21-15-22-37(4)23-16-24-38(5)25-17-26-39(6)27-18-28-40(7)33-34-50-41(8)31-32-43-42(9)46(48-10)44-29-12-13-30-45(44)47(43)49-11/h12-13,19,21,23,25,27,29-31,33H,14-18,20,22,24,26,28,32,34H2,1-11H3. The van der Waals surface area contributed by atoms with E-state index >= 15 is 0 Å². The predicted molar refractivity (Wildman–Crippen MR) is 226 cm³/mol. The molecule has 2 nitrogen and oxygen atoms in total. The number of benzene rings is 2.